The number of aromatic nitrogens is 3. The van der Waals surface area contributed by atoms with E-state index in [4.69, 9.17) is 0 Å². The van der Waals surface area contributed by atoms with E-state index in [1.165, 1.54) is 12.0 Å². The molecule has 1 aliphatic carbocycles. The van der Waals surface area contributed by atoms with Crippen LogP contribution in [-0.2, 0) is 12.8 Å². The topological polar surface area (TPSA) is 73.9 Å². The molecule has 3 aromatic rings. The second-order valence-corrected chi connectivity index (χ2v) is 7.29. The van der Waals surface area contributed by atoms with Crippen LogP contribution >= 0.6 is 0 Å². The Morgan fingerprint density at radius 2 is 2.12 bits per heavy atom. The first-order chi connectivity index (χ1) is 12.8. The second kappa shape index (κ2) is 6.12. The first-order valence-corrected chi connectivity index (χ1v) is 9.22. The number of anilines is 1. The highest BCUT2D eigenvalue weighted by molar-refractivity contribution is 5.97. The van der Waals surface area contributed by atoms with Crippen LogP contribution in [0.5, 0.6) is 0 Å². The number of nitrogens with zero attached hydrogens (tertiary/aromatic N) is 3. The van der Waals surface area contributed by atoms with Gasteiger partial charge in [-0.2, -0.15) is 5.10 Å². The molecule has 6 nitrogen and oxygen atoms in total. The number of aryl methyl sites for hydroxylation is 2. The zero-order valence-electron chi connectivity index (χ0n) is 14.5. The van der Waals surface area contributed by atoms with Crippen molar-refractivity contribution < 1.29 is 4.79 Å². The fourth-order valence-corrected chi connectivity index (χ4v) is 3.89. The summed E-state index contributed by atoms with van der Waals surface area (Å²) in [4.78, 5) is 17.8. The Morgan fingerprint density at radius 3 is 3.04 bits per heavy atom. The molecule has 132 valence electrons. The summed E-state index contributed by atoms with van der Waals surface area (Å²) in [6.45, 7) is 2.53. The van der Waals surface area contributed by atoms with E-state index in [1.54, 1.807) is 0 Å². The molecule has 1 fully saturated rings. The minimum absolute atomic E-state index is 0.0164. The van der Waals surface area contributed by atoms with Crippen molar-refractivity contribution in [2.24, 2.45) is 5.92 Å². The van der Waals surface area contributed by atoms with Gasteiger partial charge in [-0.3, -0.25) is 4.79 Å². The van der Waals surface area contributed by atoms with Crippen LogP contribution in [-0.4, -0.2) is 40.7 Å². The Morgan fingerprint density at radius 1 is 1.19 bits per heavy atom. The molecule has 1 amide bonds. The maximum atomic E-state index is 12.4. The van der Waals surface area contributed by atoms with Gasteiger partial charge >= 0.3 is 0 Å². The number of hydrogen-bond donors (Lipinski definition) is 2. The predicted molar refractivity (Wildman–Crippen MR) is 100 cm³/mol. The van der Waals surface area contributed by atoms with E-state index < -0.39 is 0 Å². The zero-order chi connectivity index (χ0) is 17.5. The van der Waals surface area contributed by atoms with Crippen LogP contribution in [0.4, 0.5) is 5.82 Å². The highest BCUT2D eigenvalue weighted by Crippen LogP contribution is 2.27. The average Bonchev–Trinajstić information content (AvgIpc) is 3.27. The van der Waals surface area contributed by atoms with E-state index in [0.717, 1.165) is 48.3 Å². The number of hydrogen-bond acceptors (Lipinski definition) is 4. The van der Waals surface area contributed by atoms with Crippen molar-refractivity contribution in [3.8, 4) is 0 Å². The molecule has 1 saturated heterocycles. The van der Waals surface area contributed by atoms with E-state index in [9.17, 15) is 4.79 Å². The Bertz CT molecular complexity index is 973. The molecule has 2 aliphatic rings. The summed E-state index contributed by atoms with van der Waals surface area (Å²) in [5, 5.41) is 12.9. The van der Waals surface area contributed by atoms with Gasteiger partial charge < -0.3 is 15.2 Å². The number of carbonyl (C=O) groups excluding carboxylic acids is 1. The van der Waals surface area contributed by atoms with Crippen molar-refractivity contribution in [2.45, 2.75) is 19.3 Å². The molecule has 2 N–H and O–H groups in total. The Balaban J connectivity index is 1.16. The van der Waals surface area contributed by atoms with E-state index in [2.05, 4.69) is 31.5 Å². The fourth-order valence-electron chi connectivity index (χ4n) is 3.89. The van der Waals surface area contributed by atoms with Crippen LogP contribution in [0.2, 0.25) is 0 Å². The van der Waals surface area contributed by atoms with Crippen LogP contribution < -0.4 is 10.2 Å². The molecule has 0 bridgehead atoms. The smallest absolute Gasteiger partial charge is 0.251 e. The summed E-state index contributed by atoms with van der Waals surface area (Å²) < 4.78 is 0. The molecule has 1 aromatic carbocycles. The van der Waals surface area contributed by atoms with Crippen molar-refractivity contribution in [3.63, 3.8) is 0 Å². The number of H-pyrrole nitrogens is 1. The van der Waals surface area contributed by atoms with Gasteiger partial charge in [0.2, 0.25) is 0 Å². The maximum Gasteiger partial charge on any atom is 0.251 e. The van der Waals surface area contributed by atoms with Crippen molar-refractivity contribution in [1.29, 1.82) is 0 Å². The number of amides is 1. The van der Waals surface area contributed by atoms with Crippen LogP contribution in [0.3, 0.4) is 0 Å². The van der Waals surface area contributed by atoms with Crippen LogP contribution in [0.1, 0.15) is 28.0 Å². The molecule has 0 spiro atoms. The number of nitrogens with one attached hydrogen (secondary N) is 2. The molecule has 6 heteroatoms. The molecule has 0 unspecified atom stereocenters. The van der Waals surface area contributed by atoms with E-state index in [0.29, 0.717) is 18.0 Å². The minimum atomic E-state index is -0.0164. The summed E-state index contributed by atoms with van der Waals surface area (Å²) in [6.07, 6.45) is 5.26. The number of fused-ring (bicyclic) bond motifs is 2. The quantitative estimate of drug-likeness (QED) is 0.760. The summed E-state index contributed by atoms with van der Waals surface area (Å²) in [6, 6.07) is 9.94. The highest BCUT2D eigenvalue weighted by Gasteiger charge is 2.29. The first-order valence-electron chi connectivity index (χ1n) is 9.22. The van der Waals surface area contributed by atoms with Gasteiger partial charge in [-0.05, 0) is 54.5 Å². The molecule has 0 radical (unpaired) electrons. The number of benzene rings is 1. The van der Waals surface area contributed by atoms with Gasteiger partial charge in [-0.1, -0.05) is 6.07 Å². The number of carbonyl (C=O) groups is 1. The molecular weight excluding hydrogens is 326 g/mol. The van der Waals surface area contributed by atoms with Gasteiger partial charge in [-0.15, -0.1) is 5.10 Å². The minimum Gasteiger partial charge on any atom is -0.361 e. The maximum absolute atomic E-state index is 12.4. The lowest BCUT2D eigenvalue weighted by Crippen LogP contribution is -2.52. The monoisotopic (exact) mass is 347 g/mol. The lowest BCUT2D eigenvalue weighted by atomic mass is 9.99. The van der Waals surface area contributed by atoms with Gasteiger partial charge in [0.05, 0.1) is 5.69 Å². The summed E-state index contributed by atoms with van der Waals surface area (Å²) in [5.74, 6) is 1.42. The Labute approximate surface area is 151 Å². The lowest BCUT2D eigenvalue weighted by molar-refractivity contribution is 0.0944. The van der Waals surface area contributed by atoms with Crippen LogP contribution in [0.25, 0.3) is 10.9 Å². The van der Waals surface area contributed by atoms with E-state index in [1.807, 2.05) is 30.5 Å². The van der Waals surface area contributed by atoms with Crippen LogP contribution in [0.15, 0.2) is 36.5 Å². The molecule has 0 atom stereocenters. The van der Waals surface area contributed by atoms with Gasteiger partial charge in [0, 0.05) is 42.8 Å². The standard InChI is InChI=1S/C20H21N5O/c26-20(16-5-4-14-6-7-21-18(14)8-16)22-10-13-11-25(12-13)19-9-15-2-1-3-17(15)23-24-19/h4-9,13,21H,1-3,10-12H2,(H,22,26). The Kier molecular flexibility index (Phi) is 3.62. The third kappa shape index (κ3) is 2.71. The van der Waals surface area contributed by atoms with Crippen molar-refractivity contribution >= 4 is 22.6 Å². The molecule has 1 aliphatic heterocycles. The zero-order valence-corrected chi connectivity index (χ0v) is 14.5. The summed E-state index contributed by atoms with van der Waals surface area (Å²) >= 11 is 0. The largest absolute Gasteiger partial charge is 0.361 e. The molecule has 26 heavy (non-hydrogen) atoms. The van der Waals surface area contributed by atoms with Crippen molar-refractivity contribution in [2.75, 3.05) is 24.5 Å². The molecule has 5 rings (SSSR count). The SMILES string of the molecule is O=C(NCC1CN(c2cc3c(nn2)CCC3)C1)c1ccc2cc[nH]c2c1. The summed E-state index contributed by atoms with van der Waals surface area (Å²) in [7, 11) is 0. The van der Waals surface area contributed by atoms with E-state index >= 15 is 0 Å². The molecule has 3 heterocycles. The highest BCUT2D eigenvalue weighted by atomic mass is 16.1. The third-order valence-electron chi connectivity index (χ3n) is 5.46. The number of rotatable bonds is 4. The summed E-state index contributed by atoms with van der Waals surface area (Å²) in [5.41, 5.74) is 4.20. The average molecular weight is 347 g/mol. The Hall–Kier alpha value is -2.89. The molecular formula is C20H21N5O. The lowest BCUT2D eigenvalue weighted by Gasteiger charge is -2.40. The van der Waals surface area contributed by atoms with Crippen molar-refractivity contribution in [3.05, 3.63) is 53.3 Å². The van der Waals surface area contributed by atoms with Crippen LogP contribution in [0, 0.1) is 5.92 Å². The molecule has 2 aromatic heterocycles. The van der Waals surface area contributed by atoms with Gasteiger partial charge in [0.15, 0.2) is 5.82 Å². The number of aromatic amines is 1. The second-order valence-electron chi connectivity index (χ2n) is 7.29. The molecule has 0 saturated carbocycles. The normalized spacial score (nSPS) is 16.5. The van der Waals surface area contributed by atoms with Gasteiger partial charge in [-0.25, -0.2) is 0 Å². The first kappa shape index (κ1) is 15.4. The van der Waals surface area contributed by atoms with Crippen molar-refractivity contribution in [1.82, 2.24) is 20.5 Å². The third-order valence-corrected chi connectivity index (χ3v) is 5.46. The van der Waals surface area contributed by atoms with Gasteiger partial charge in [0.25, 0.3) is 5.91 Å². The predicted octanol–water partition coefficient (Wildman–Crippen LogP) is 2.31. The van der Waals surface area contributed by atoms with E-state index in [-0.39, 0.29) is 5.91 Å². The fraction of sp³-hybridized carbons (Fsp3) is 0.350. The van der Waals surface area contributed by atoms with Gasteiger partial charge in [0.1, 0.15) is 0 Å².